The Morgan fingerprint density at radius 2 is 2.10 bits per heavy atom. The minimum absolute atomic E-state index is 0.0283. The number of rotatable bonds is 2. The van der Waals surface area contributed by atoms with Crippen molar-refractivity contribution in [1.29, 1.82) is 5.26 Å². The SMILES string of the molecule is CN1CCN(Cc2cccc(C#N)c2F)C(C)(C)C1=O. The maximum atomic E-state index is 14.1. The first-order chi connectivity index (χ1) is 9.37. The predicted molar refractivity (Wildman–Crippen MR) is 73.2 cm³/mol. The lowest BCUT2D eigenvalue weighted by molar-refractivity contribution is -0.147. The summed E-state index contributed by atoms with van der Waals surface area (Å²) in [5, 5.41) is 8.86. The lowest BCUT2D eigenvalue weighted by Gasteiger charge is -2.44. The number of benzene rings is 1. The summed E-state index contributed by atoms with van der Waals surface area (Å²) < 4.78 is 14.1. The van der Waals surface area contributed by atoms with Gasteiger partial charge in [-0.1, -0.05) is 12.1 Å². The largest absolute Gasteiger partial charge is 0.343 e. The van der Waals surface area contributed by atoms with Crippen molar-refractivity contribution in [2.24, 2.45) is 0 Å². The van der Waals surface area contributed by atoms with E-state index < -0.39 is 11.4 Å². The van der Waals surface area contributed by atoms with Crippen LogP contribution in [0.2, 0.25) is 0 Å². The number of piperazine rings is 1. The van der Waals surface area contributed by atoms with Gasteiger partial charge in [-0.3, -0.25) is 9.69 Å². The number of halogens is 1. The highest BCUT2D eigenvalue weighted by Crippen LogP contribution is 2.25. The van der Waals surface area contributed by atoms with Gasteiger partial charge in [-0.25, -0.2) is 4.39 Å². The first-order valence-electron chi connectivity index (χ1n) is 6.56. The molecule has 0 N–H and O–H groups in total. The molecule has 1 aliphatic rings. The van der Waals surface area contributed by atoms with E-state index in [0.717, 1.165) is 0 Å². The molecule has 0 bridgehead atoms. The summed E-state index contributed by atoms with van der Waals surface area (Å²) in [4.78, 5) is 15.8. The minimum Gasteiger partial charge on any atom is -0.343 e. The molecule has 1 fully saturated rings. The first kappa shape index (κ1) is 14.5. The molecule has 0 radical (unpaired) electrons. The van der Waals surface area contributed by atoms with Gasteiger partial charge in [-0.05, 0) is 19.9 Å². The van der Waals surface area contributed by atoms with Gasteiger partial charge in [0.2, 0.25) is 5.91 Å². The average Bonchev–Trinajstić information content (AvgIpc) is 2.42. The third kappa shape index (κ3) is 2.39. The van der Waals surface area contributed by atoms with E-state index in [1.807, 2.05) is 24.8 Å². The van der Waals surface area contributed by atoms with E-state index in [2.05, 4.69) is 0 Å². The molecule has 1 amide bonds. The summed E-state index contributed by atoms with van der Waals surface area (Å²) in [7, 11) is 1.78. The minimum atomic E-state index is -0.665. The number of carbonyl (C=O) groups is 1. The van der Waals surface area contributed by atoms with Crippen LogP contribution in [0.1, 0.15) is 25.0 Å². The Hall–Kier alpha value is -1.93. The van der Waals surface area contributed by atoms with Gasteiger partial charge in [-0.15, -0.1) is 0 Å². The van der Waals surface area contributed by atoms with Gasteiger partial charge in [0, 0.05) is 32.2 Å². The second kappa shape index (κ2) is 5.22. The zero-order valence-electron chi connectivity index (χ0n) is 12.0. The lowest BCUT2D eigenvalue weighted by atomic mass is 9.96. The van der Waals surface area contributed by atoms with Gasteiger partial charge in [0.15, 0.2) is 0 Å². The van der Waals surface area contributed by atoms with Crippen LogP contribution >= 0.6 is 0 Å². The van der Waals surface area contributed by atoms with Crippen LogP contribution in [0, 0.1) is 17.1 Å². The summed E-state index contributed by atoms with van der Waals surface area (Å²) in [6, 6.07) is 6.63. The fraction of sp³-hybridized carbons (Fsp3) is 0.467. The average molecular weight is 275 g/mol. The van der Waals surface area contributed by atoms with E-state index >= 15 is 0 Å². The number of carbonyl (C=O) groups excluding carboxylic acids is 1. The van der Waals surface area contributed by atoms with Gasteiger partial charge in [0.25, 0.3) is 0 Å². The number of nitriles is 1. The summed E-state index contributed by atoms with van der Waals surface area (Å²) in [6.07, 6.45) is 0. The molecule has 1 aromatic carbocycles. The van der Waals surface area contributed by atoms with E-state index in [1.54, 1.807) is 24.1 Å². The smallest absolute Gasteiger partial charge is 0.242 e. The molecular weight excluding hydrogens is 257 g/mol. The number of nitrogens with zero attached hydrogens (tertiary/aromatic N) is 3. The summed E-state index contributed by atoms with van der Waals surface area (Å²) in [5.41, 5.74) is -0.169. The molecule has 5 heteroatoms. The molecule has 0 atom stereocenters. The number of hydrogen-bond donors (Lipinski definition) is 0. The zero-order chi connectivity index (χ0) is 14.9. The van der Waals surface area contributed by atoms with Crippen molar-refractivity contribution in [3.8, 4) is 6.07 Å². The highest BCUT2D eigenvalue weighted by atomic mass is 19.1. The summed E-state index contributed by atoms with van der Waals surface area (Å²) >= 11 is 0. The molecule has 0 aromatic heterocycles. The van der Waals surface area contributed by atoms with Crippen molar-refractivity contribution in [1.82, 2.24) is 9.80 Å². The fourth-order valence-electron chi connectivity index (χ4n) is 2.52. The number of hydrogen-bond acceptors (Lipinski definition) is 3. The third-order valence-electron chi connectivity index (χ3n) is 3.93. The van der Waals surface area contributed by atoms with Gasteiger partial charge < -0.3 is 4.90 Å². The van der Waals surface area contributed by atoms with Crippen molar-refractivity contribution < 1.29 is 9.18 Å². The van der Waals surface area contributed by atoms with Crippen LogP contribution in [0.5, 0.6) is 0 Å². The molecule has 1 aromatic rings. The Morgan fingerprint density at radius 1 is 1.40 bits per heavy atom. The van der Waals surface area contributed by atoms with Crippen LogP contribution in [-0.4, -0.2) is 41.4 Å². The van der Waals surface area contributed by atoms with Crippen LogP contribution in [0.3, 0.4) is 0 Å². The highest BCUT2D eigenvalue weighted by Gasteiger charge is 2.40. The van der Waals surface area contributed by atoms with Crippen LogP contribution in [0.25, 0.3) is 0 Å². The van der Waals surface area contributed by atoms with Crippen molar-refractivity contribution >= 4 is 5.91 Å². The van der Waals surface area contributed by atoms with Crippen molar-refractivity contribution in [2.45, 2.75) is 25.9 Å². The zero-order valence-corrected chi connectivity index (χ0v) is 12.0. The molecule has 1 aliphatic heterocycles. The van der Waals surface area contributed by atoms with Gasteiger partial charge in [0.1, 0.15) is 11.9 Å². The molecule has 1 saturated heterocycles. The van der Waals surface area contributed by atoms with E-state index in [1.165, 1.54) is 6.07 Å². The van der Waals surface area contributed by atoms with Gasteiger partial charge in [-0.2, -0.15) is 5.26 Å². The van der Waals surface area contributed by atoms with E-state index in [0.29, 0.717) is 25.2 Å². The monoisotopic (exact) mass is 275 g/mol. The van der Waals surface area contributed by atoms with Crippen molar-refractivity contribution in [3.63, 3.8) is 0 Å². The maximum Gasteiger partial charge on any atom is 0.242 e. The quantitative estimate of drug-likeness (QED) is 0.826. The van der Waals surface area contributed by atoms with Crippen molar-refractivity contribution in [2.75, 3.05) is 20.1 Å². The highest BCUT2D eigenvalue weighted by molar-refractivity contribution is 5.86. The molecular formula is C15H18FN3O. The Morgan fingerprint density at radius 3 is 2.75 bits per heavy atom. The van der Waals surface area contributed by atoms with Crippen LogP contribution in [-0.2, 0) is 11.3 Å². The van der Waals surface area contributed by atoms with E-state index in [4.69, 9.17) is 5.26 Å². The summed E-state index contributed by atoms with van der Waals surface area (Å²) in [5.74, 6) is -0.460. The number of likely N-dealkylation sites (N-methyl/N-ethyl adjacent to an activating group) is 1. The first-order valence-corrected chi connectivity index (χ1v) is 6.56. The van der Waals surface area contributed by atoms with Crippen LogP contribution in [0.15, 0.2) is 18.2 Å². The third-order valence-corrected chi connectivity index (χ3v) is 3.93. The molecule has 106 valence electrons. The molecule has 2 rings (SSSR count). The fourth-order valence-corrected chi connectivity index (χ4v) is 2.52. The van der Waals surface area contributed by atoms with Crippen molar-refractivity contribution in [3.05, 3.63) is 35.1 Å². The standard InChI is InChI=1S/C15H18FN3O/c1-15(2)14(20)18(3)7-8-19(15)10-12-6-4-5-11(9-17)13(12)16/h4-6H,7-8,10H2,1-3H3. The molecule has 0 spiro atoms. The van der Waals surface area contributed by atoms with Gasteiger partial charge in [0.05, 0.1) is 11.1 Å². The Labute approximate surface area is 118 Å². The van der Waals surface area contributed by atoms with Crippen LogP contribution in [0.4, 0.5) is 4.39 Å². The van der Waals surface area contributed by atoms with Crippen LogP contribution < -0.4 is 0 Å². The Bertz CT molecular complexity index is 577. The predicted octanol–water partition coefficient (Wildman–Crippen LogP) is 1.75. The second-order valence-electron chi connectivity index (χ2n) is 5.60. The normalized spacial score (nSPS) is 18.9. The van der Waals surface area contributed by atoms with E-state index in [-0.39, 0.29) is 11.5 Å². The second-order valence-corrected chi connectivity index (χ2v) is 5.60. The van der Waals surface area contributed by atoms with E-state index in [9.17, 15) is 9.18 Å². The maximum absolute atomic E-state index is 14.1. The topological polar surface area (TPSA) is 47.3 Å². The Balaban J connectivity index is 2.27. The number of amides is 1. The molecule has 1 heterocycles. The van der Waals surface area contributed by atoms with Gasteiger partial charge >= 0.3 is 0 Å². The molecule has 0 saturated carbocycles. The molecule has 0 aliphatic carbocycles. The molecule has 0 unspecified atom stereocenters. The Kier molecular flexibility index (Phi) is 3.78. The summed E-state index contributed by atoms with van der Waals surface area (Å²) in [6.45, 7) is 5.33. The molecule has 4 nitrogen and oxygen atoms in total. The molecule has 20 heavy (non-hydrogen) atoms. The lowest BCUT2D eigenvalue weighted by Crippen LogP contribution is -2.61.